The normalized spacial score (nSPS) is 11.2. The molecule has 1 heterocycles. The summed E-state index contributed by atoms with van der Waals surface area (Å²) in [6.45, 7) is 3.74. The quantitative estimate of drug-likeness (QED) is 0.806. The Bertz CT molecular complexity index is 855. The Hall–Kier alpha value is -2.48. The maximum absolute atomic E-state index is 12.6. The highest BCUT2D eigenvalue weighted by molar-refractivity contribution is 7.92. The van der Waals surface area contributed by atoms with E-state index in [1.165, 1.54) is 23.9 Å². The summed E-state index contributed by atoms with van der Waals surface area (Å²) in [4.78, 5) is 11.8. The largest absolute Gasteiger partial charge is 0.495 e. The summed E-state index contributed by atoms with van der Waals surface area (Å²) in [6.07, 6.45) is 1.36. The van der Waals surface area contributed by atoms with Crippen molar-refractivity contribution >= 4 is 21.7 Å². The summed E-state index contributed by atoms with van der Waals surface area (Å²) in [5.41, 5.74) is 1.38. The van der Waals surface area contributed by atoms with Gasteiger partial charge in [-0.3, -0.25) is 4.72 Å². The molecule has 0 aliphatic heterocycles. The summed E-state index contributed by atoms with van der Waals surface area (Å²) < 4.78 is 39.2. The van der Waals surface area contributed by atoms with Crippen LogP contribution in [0, 0.1) is 6.92 Å². The number of esters is 1. The van der Waals surface area contributed by atoms with Crippen molar-refractivity contribution in [3.05, 3.63) is 41.7 Å². The highest BCUT2D eigenvalue weighted by Gasteiger charge is 2.22. The van der Waals surface area contributed by atoms with Gasteiger partial charge >= 0.3 is 5.97 Å². The second-order valence-electron chi connectivity index (χ2n) is 5.20. The first kappa shape index (κ1) is 17.9. The minimum Gasteiger partial charge on any atom is -0.495 e. The maximum Gasteiger partial charge on any atom is 0.354 e. The van der Waals surface area contributed by atoms with Gasteiger partial charge in [-0.1, -0.05) is 6.07 Å². The number of anilines is 1. The predicted molar refractivity (Wildman–Crippen MR) is 89.9 cm³/mol. The van der Waals surface area contributed by atoms with E-state index >= 15 is 0 Å². The number of aryl methyl sites for hydroxylation is 2. The first-order valence-electron chi connectivity index (χ1n) is 7.29. The standard InChI is InChI=1S/C16H20N2O5S/c1-5-23-16(19)14-9-12(10-18(14)3)24(20,21)17-13-8-11(2)6-7-15(13)22-4/h6-10,17H,5H2,1-4H3. The van der Waals surface area contributed by atoms with Crippen molar-refractivity contribution in [1.82, 2.24) is 4.57 Å². The number of carbonyl (C=O) groups is 1. The number of ether oxygens (including phenoxy) is 2. The molecule has 2 aromatic rings. The lowest BCUT2D eigenvalue weighted by Gasteiger charge is -2.11. The molecule has 1 aromatic heterocycles. The summed E-state index contributed by atoms with van der Waals surface area (Å²) in [6, 6.07) is 6.45. The van der Waals surface area contributed by atoms with E-state index in [0.29, 0.717) is 11.4 Å². The average molecular weight is 352 g/mol. The monoisotopic (exact) mass is 352 g/mol. The van der Waals surface area contributed by atoms with E-state index in [-0.39, 0.29) is 17.2 Å². The van der Waals surface area contributed by atoms with Crippen molar-refractivity contribution in [2.24, 2.45) is 7.05 Å². The molecule has 0 amide bonds. The van der Waals surface area contributed by atoms with Gasteiger partial charge in [0.1, 0.15) is 16.3 Å². The zero-order valence-electron chi connectivity index (χ0n) is 14.0. The molecule has 1 aromatic carbocycles. The van der Waals surface area contributed by atoms with Gasteiger partial charge in [0.15, 0.2) is 0 Å². The van der Waals surface area contributed by atoms with Crippen LogP contribution in [-0.4, -0.2) is 32.7 Å². The number of methoxy groups -OCH3 is 1. The smallest absolute Gasteiger partial charge is 0.354 e. The van der Waals surface area contributed by atoms with Crippen molar-refractivity contribution in [2.45, 2.75) is 18.7 Å². The molecule has 130 valence electrons. The lowest BCUT2D eigenvalue weighted by Crippen LogP contribution is -2.13. The molecule has 0 atom stereocenters. The number of nitrogens with one attached hydrogen (secondary N) is 1. The van der Waals surface area contributed by atoms with Gasteiger partial charge < -0.3 is 14.0 Å². The van der Waals surface area contributed by atoms with Gasteiger partial charge in [0, 0.05) is 13.2 Å². The fourth-order valence-electron chi connectivity index (χ4n) is 2.19. The average Bonchev–Trinajstić information content (AvgIpc) is 2.90. The summed E-state index contributed by atoms with van der Waals surface area (Å²) >= 11 is 0. The van der Waals surface area contributed by atoms with E-state index in [1.807, 2.05) is 13.0 Å². The first-order valence-corrected chi connectivity index (χ1v) is 8.77. The van der Waals surface area contributed by atoms with Crippen molar-refractivity contribution in [3.63, 3.8) is 0 Å². The van der Waals surface area contributed by atoms with Crippen LogP contribution in [0.4, 0.5) is 5.69 Å². The number of hydrogen-bond donors (Lipinski definition) is 1. The minimum absolute atomic E-state index is 0.0309. The second kappa shape index (κ2) is 6.96. The molecule has 0 saturated carbocycles. The number of nitrogens with zero attached hydrogens (tertiary/aromatic N) is 1. The Morgan fingerprint density at radius 1 is 1.29 bits per heavy atom. The van der Waals surface area contributed by atoms with Gasteiger partial charge in [0.05, 0.1) is 19.4 Å². The van der Waals surface area contributed by atoms with E-state index in [9.17, 15) is 13.2 Å². The van der Waals surface area contributed by atoms with Crippen molar-refractivity contribution < 1.29 is 22.7 Å². The van der Waals surface area contributed by atoms with Crippen LogP contribution in [0.25, 0.3) is 0 Å². The molecule has 1 N–H and O–H groups in total. The molecule has 0 aliphatic rings. The van der Waals surface area contributed by atoms with Crippen LogP contribution in [0.1, 0.15) is 23.0 Å². The highest BCUT2D eigenvalue weighted by Crippen LogP contribution is 2.28. The molecule has 0 fully saturated rings. The van der Waals surface area contributed by atoms with Crippen LogP contribution in [0.15, 0.2) is 35.4 Å². The third-order valence-electron chi connectivity index (χ3n) is 3.37. The Labute approximate surface area is 141 Å². The number of hydrogen-bond acceptors (Lipinski definition) is 5. The van der Waals surface area contributed by atoms with Crippen LogP contribution in [-0.2, 0) is 21.8 Å². The third-order valence-corrected chi connectivity index (χ3v) is 4.71. The highest BCUT2D eigenvalue weighted by atomic mass is 32.2. The van der Waals surface area contributed by atoms with Gasteiger partial charge in [0.2, 0.25) is 0 Å². The number of benzene rings is 1. The molecular weight excluding hydrogens is 332 g/mol. The van der Waals surface area contributed by atoms with Gasteiger partial charge in [-0.2, -0.15) is 0 Å². The first-order chi connectivity index (χ1) is 11.3. The molecule has 0 spiro atoms. The second-order valence-corrected chi connectivity index (χ2v) is 6.88. The fourth-order valence-corrected chi connectivity index (χ4v) is 3.32. The number of aromatic nitrogens is 1. The van der Waals surface area contributed by atoms with Crippen molar-refractivity contribution in [3.8, 4) is 5.75 Å². The van der Waals surface area contributed by atoms with Crippen molar-refractivity contribution in [1.29, 1.82) is 0 Å². The van der Waals surface area contributed by atoms with Gasteiger partial charge in [-0.15, -0.1) is 0 Å². The lowest BCUT2D eigenvalue weighted by atomic mass is 10.2. The molecule has 0 radical (unpaired) electrons. The van der Waals surface area contributed by atoms with Crippen molar-refractivity contribution in [2.75, 3.05) is 18.4 Å². The molecule has 0 aliphatic carbocycles. The molecule has 7 nitrogen and oxygen atoms in total. The van der Waals surface area contributed by atoms with Gasteiger partial charge in [0.25, 0.3) is 10.0 Å². The van der Waals surface area contributed by atoms with Crippen LogP contribution in [0.3, 0.4) is 0 Å². The summed E-state index contributed by atoms with van der Waals surface area (Å²) in [5, 5.41) is 0. The van der Waals surface area contributed by atoms with E-state index in [0.717, 1.165) is 5.56 Å². The predicted octanol–water partition coefficient (Wildman–Crippen LogP) is 2.32. The lowest BCUT2D eigenvalue weighted by molar-refractivity contribution is 0.0515. The van der Waals surface area contributed by atoms with E-state index in [1.54, 1.807) is 26.1 Å². The van der Waals surface area contributed by atoms with Crippen LogP contribution < -0.4 is 9.46 Å². The Morgan fingerprint density at radius 2 is 2.00 bits per heavy atom. The fraction of sp³-hybridized carbons (Fsp3) is 0.312. The van der Waals surface area contributed by atoms with E-state index < -0.39 is 16.0 Å². The Balaban J connectivity index is 2.37. The van der Waals surface area contributed by atoms with Gasteiger partial charge in [-0.25, -0.2) is 13.2 Å². The zero-order valence-corrected chi connectivity index (χ0v) is 14.8. The summed E-state index contributed by atoms with van der Waals surface area (Å²) in [7, 11) is -0.827. The molecule has 0 bridgehead atoms. The molecular formula is C16H20N2O5S. The molecule has 0 saturated heterocycles. The Morgan fingerprint density at radius 3 is 2.62 bits per heavy atom. The maximum atomic E-state index is 12.6. The van der Waals surface area contributed by atoms with Crippen LogP contribution in [0.5, 0.6) is 5.75 Å². The molecule has 0 unspecified atom stereocenters. The van der Waals surface area contributed by atoms with Crippen LogP contribution >= 0.6 is 0 Å². The zero-order chi connectivity index (χ0) is 17.9. The topological polar surface area (TPSA) is 86.6 Å². The molecule has 2 rings (SSSR count). The van der Waals surface area contributed by atoms with Gasteiger partial charge in [-0.05, 0) is 37.6 Å². The minimum atomic E-state index is -3.87. The molecule has 8 heteroatoms. The third kappa shape index (κ3) is 3.70. The SMILES string of the molecule is CCOC(=O)c1cc(S(=O)(=O)Nc2cc(C)ccc2OC)cn1C. The number of sulfonamides is 1. The van der Waals surface area contributed by atoms with E-state index in [2.05, 4.69) is 4.72 Å². The number of rotatable bonds is 6. The summed E-state index contributed by atoms with van der Waals surface area (Å²) in [5.74, 6) is -0.166. The Kier molecular flexibility index (Phi) is 5.18. The van der Waals surface area contributed by atoms with Crippen LogP contribution in [0.2, 0.25) is 0 Å². The number of carbonyl (C=O) groups excluding carboxylic acids is 1. The molecule has 24 heavy (non-hydrogen) atoms. The van der Waals surface area contributed by atoms with E-state index in [4.69, 9.17) is 9.47 Å².